The Labute approximate surface area is 275 Å². The fraction of sp³-hybridized carbons (Fsp3) is 0.607. The number of hydrogen-bond donors (Lipinski definition) is 3. The summed E-state index contributed by atoms with van der Waals surface area (Å²) in [5.74, 6) is 0.513. The Morgan fingerprint density at radius 2 is 1.50 bits per heavy atom. The fourth-order valence-corrected chi connectivity index (χ4v) is 17.5. The van der Waals surface area contributed by atoms with Crippen molar-refractivity contribution in [2.45, 2.75) is 102 Å². The van der Waals surface area contributed by atoms with E-state index in [0.29, 0.717) is 27.0 Å². The highest BCUT2D eigenvalue weighted by Gasteiger charge is 2.61. The molecule has 1 aromatic carbocycles. The van der Waals surface area contributed by atoms with Crippen LogP contribution in [0.25, 0.3) is 11.2 Å². The molecule has 0 saturated carbocycles. The molecule has 11 nitrogen and oxygen atoms in total. The monoisotopic (exact) mass is 706 g/mol. The summed E-state index contributed by atoms with van der Waals surface area (Å²) in [4.78, 5) is 14.8. The molecule has 2 aromatic heterocycles. The number of halogens is 3. The summed E-state index contributed by atoms with van der Waals surface area (Å²) in [5.41, 5.74) is 1.80. The van der Waals surface area contributed by atoms with Gasteiger partial charge in [-0.15, -0.1) is 0 Å². The van der Waals surface area contributed by atoms with Crippen molar-refractivity contribution in [2.75, 3.05) is 6.61 Å². The molecule has 2 aliphatic heterocycles. The van der Waals surface area contributed by atoms with Gasteiger partial charge in [0.2, 0.25) is 11.2 Å². The maximum atomic E-state index is 10.4. The number of hydrogen-bond acceptors (Lipinski definition) is 10. The first-order valence-electron chi connectivity index (χ1n) is 14.6. The second-order valence-corrected chi connectivity index (χ2v) is 22.2. The summed E-state index contributed by atoms with van der Waals surface area (Å²) in [7, 11) is -5.34. The number of aliphatic hydroxyl groups is 2. The largest absolute Gasteiger partial charge is 0.434 e. The van der Waals surface area contributed by atoms with Gasteiger partial charge < -0.3 is 37.6 Å². The molecule has 2 fully saturated rings. The van der Waals surface area contributed by atoms with Crippen molar-refractivity contribution in [3.05, 3.63) is 39.9 Å². The van der Waals surface area contributed by atoms with Crippen LogP contribution < -0.4 is 4.74 Å². The van der Waals surface area contributed by atoms with Crippen molar-refractivity contribution < 1.29 is 32.7 Å². The van der Waals surface area contributed by atoms with Gasteiger partial charge in [0.25, 0.3) is 0 Å². The molecule has 3 N–H and O–H groups in total. The summed E-state index contributed by atoms with van der Waals surface area (Å²) < 4.78 is 31.3. The lowest BCUT2D eigenvalue weighted by molar-refractivity contribution is -0.132. The molecule has 2 aliphatic rings. The first kappa shape index (κ1) is 35.5. The second kappa shape index (κ2) is 14.2. The van der Waals surface area contributed by atoms with E-state index in [1.54, 1.807) is 18.2 Å². The highest BCUT2D eigenvalue weighted by atomic mass is 35.5. The van der Waals surface area contributed by atoms with Gasteiger partial charge >= 0.3 is 17.1 Å². The number of fused-ring (bicyclic) bond motifs is 2. The van der Waals surface area contributed by atoms with Gasteiger partial charge in [-0.1, -0.05) is 84.7 Å². The molecule has 4 heterocycles. The van der Waals surface area contributed by atoms with Gasteiger partial charge in [0, 0.05) is 0 Å². The number of rotatable bonds is 6. The zero-order valence-electron chi connectivity index (χ0n) is 26.0. The fourth-order valence-electron chi connectivity index (χ4n) is 5.67. The summed E-state index contributed by atoms with van der Waals surface area (Å²) in [6.07, 6.45) is -1.93. The van der Waals surface area contributed by atoms with Crippen molar-refractivity contribution in [3.63, 3.8) is 0 Å². The van der Waals surface area contributed by atoms with E-state index in [4.69, 9.17) is 57.2 Å². The van der Waals surface area contributed by atoms with E-state index >= 15 is 0 Å². The van der Waals surface area contributed by atoms with Crippen LogP contribution >= 0.6 is 34.8 Å². The van der Waals surface area contributed by atoms with Crippen LogP contribution in [0.2, 0.25) is 37.5 Å². The predicted octanol–water partition coefficient (Wildman–Crippen LogP) is 7.13. The van der Waals surface area contributed by atoms with E-state index in [1.165, 1.54) is 6.33 Å². The molecule has 0 radical (unpaired) electrons. The Kier molecular flexibility index (Phi) is 11.4. The Morgan fingerprint density at radius 3 is 2.07 bits per heavy atom. The SMILES string of the molecule is CC(C)[Si]1(C(C)C)OC[C@H]2OC(O)[C@H](O)[C@@H]2O[Si](C(C)C)(C(C)C)O1.Clc1nc(Oc2c(Cl)cccc2Cl)c2[nH]cnc2n1. The van der Waals surface area contributed by atoms with Crippen LogP contribution in [-0.2, 0) is 17.7 Å². The average Bonchev–Trinajstić information content (AvgIpc) is 3.50. The molecule has 4 atom stereocenters. The molecule has 0 spiro atoms. The van der Waals surface area contributed by atoms with E-state index in [2.05, 4.69) is 75.3 Å². The van der Waals surface area contributed by atoms with Crippen LogP contribution in [0.3, 0.4) is 0 Å². The minimum Gasteiger partial charge on any atom is -0.434 e. The zero-order valence-corrected chi connectivity index (χ0v) is 30.3. The molecular formula is C28H41Cl3N4O7Si2. The quantitative estimate of drug-likeness (QED) is 0.179. The molecule has 5 rings (SSSR count). The molecular weight excluding hydrogens is 667 g/mol. The summed E-state index contributed by atoms with van der Waals surface area (Å²) >= 11 is 17.9. The van der Waals surface area contributed by atoms with E-state index in [1.807, 2.05) is 0 Å². The summed E-state index contributed by atoms with van der Waals surface area (Å²) in [6, 6.07) is 5.04. The maximum Gasteiger partial charge on any atom is 0.335 e. The summed E-state index contributed by atoms with van der Waals surface area (Å²) in [5, 5.41) is 21.1. The van der Waals surface area contributed by atoms with Gasteiger partial charge in [-0.05, 0) is 45.9 Å². The van der Waals surface area contributed by atoms with Crippen molar-refractivity contribution >= 4 is 63.1 Å². The van der Waals surface area contributed by atoms with Crippen LogP contribution in [0.15, 0.2) is 24.5 Å². The number of nitrogens with one attached hydrogen (secondary N) is 1. The number of imidazole rings is 1. The normalized spacial score (nSPS) is 24.8. The maximum absolute atomic E-state index is 10.4. The average molecular weight is 708 g/mol. The lowest BCUT2D eigenvalue weighted by atomic mass is 10.1. The van der Waals surface area contributed by atoms with E-state index in [-0.39, 0.29) is 39.9 Å². The number of ether oxygens (including phenoxy) is 2. The minimum absolute atomic E-state index is 0.0257. The molecule has 0 aliphatic carbocycles. The van der Waals surface area contributed by atoms with E-state index < -0.39 is 41.7 Å². The smallest absolute Gasteiger partial charge is 0.335 e. The Hall–Kier alpha value is -1.37. The third-order valence-corrected chi connectivity index (χ3v) is 19.0. The van der Waals surface area contributed by atoms with Crippen LogP contribution in [-0.4, -0.2) is 78.5 Å². The van der Waals surface area contributed by atoms with Crippen molar-refractivity contribution in [1.29, 1.82) is 0 Å². The number of H-pyrrole nitrogens is 1. The van der Waals surface area contributed by atoms with Crippen LogP contribution in [0.1, 0.15) is 55.4 Å². The lowest BCUT2D eigenvalue weighted by Gasteiger charge is -2.51. The first-order chi connectivity index (χ1) is 20.6. The van der Waals surface area contributed by atoms with Crippen LogP contribution in [0, 0.1) is 0 Å². The number of aromatic nitrogens is 4. The first-order valence-corrected chi connectivity index (χ1v) is 19.7. The number of para-hydroxylation sites is 1. The molecule has 1 unspecified atom stereocenters. The number of aliphatic hydroxyl groups excluding tert-OH is 2. The Morgan fingerprint density at radius 1 is 0.909 bits per heavy atom. The van der Waals surface area contributed by atoms with Gasteiger partial charge in [-0.25, -0.2) is 4.98 Å². The summed E-state index contributed by atoms with van der Waals surface area (Å²) in [6.45, 7) is 17.4. The van der Waals surface area contributed by atoms with Gasteiger partial charge in [0.1, 0.15) is 23.8 Å². The van der Waals surface area contributed by atoms with Crippen molar-refractivity contribution in [3.8, 4) is 11.6 Å². The number of aromatic amines is 1. The van der Waals surface area contributed by atoms with Crippen LogP contribution in [0.5, 0.6) is 11.6 Å². The molecule has 44 heavy (non-hydrogen) atoms. The second-order valence-electron chi connectivity index (χ2n) is 12.2. The number of benzene rings is 1. The molecule has 16 heteroatoms. The molecule has 0 bridgehead atoms. The minimum atomic E-state index is -2.75. The predicted molar refractivity (Wildman–Crippen MR) is 174 cm³/mol. The number of nitrogens with zero attached hydrogens (tertiary/aromatic N) is 3. The molecule has 2 saturated heterocycles. The zero-order chi connectivity index (χ0) is 32.6. The van der Waals surface area contributed by atoms with Gasteiger partial charge in [0.05, 0.1) is 23.0 Å². The third-order valence-electron chi connectivity index (χ3n) is 7.98. The third kappa shape index (κ3) is 6.98. The standard InChI is InChI=1S/C17H36O6Si2.C11H5Cl3N4O/c1-10(2)24(11(3)4)20-9-14-16(15(18)17(19)21-14)22-25(23-24,12(5)6)13(7)8;12-5-2-1-3-6(13)8(5)19-10-7-9(16-4-15-7)17-11(14)18-10/h10-19H,9H2,1-8H3;1-4H,(H,15,16,17,18)/t14-,15-,16-,17?;/m1./s1. The highest BCUT2D eigenvalue weighted by Crippen LogP contribution is 2.47. The van der Waals surface area contributed by atoms with Crippen LogP contribution in [0.4, 0.5) is 0 Å². The molecule has 0 amide bonds. The van der Waals surface area contributed by atoms with Gasteiger partial charge in [0.15, 0.2) is 17.7 Å². The lowest BCUT2D eigenvalue weighted by Crippen LogP contribution is -2.65. The molecule has 244 valence electrons. The highest BCUT2D eigenvalue weighted by molar-refractivity contribution is 6.84. The Bertz CT molecular complexity index is 1390. The Balaban J connectivity index is 0.000000208. The van der Waals surface area contributed by atoms with E-state index in [0.717, 1.165) is 0 Å². The van der Waals surface area contributed by atoms with Crippen molar-refractivity contribution in [2.24, 2.45) is 0 Å². The van der Waals surface area contributed by atoms with Crippen molar-refractivity contribution in [1.82, 2.24) is 19.9 Å². The van der Waals surface area contributed by atoms with Gasteiger partial charge in [-0.3, -0.25) is 0 Å². The van der Waals surface area contributed by atoms with E-state index in [9.17, 15) is 10.2 Å². The van der Waals surface area contributed by atoms with Gasteiger partial charge in [-0.2, -0.15) is 9.97 Å². The topological polar surface area (TPSA) is 141 Å². The molecule has 3 aromatic rings.